The first-order chi connectivity index (χ1) is 8.63. The summed E-state index contributed by atoms with van der Waals surface area (Å²) in [6.07, 6.45) is 0. The Labute approximate surface area is 107 Å². The Morgan fingerprint density at radius 2 is 1.78 bits per heavy atom. The summed E-state index contributed by atoms with van der Waals surface area (Å²) in [7, 11) is 1.66. The fourth-order valence-electron chi connectivity index (χ4n) is 2.00. The van der Waals surface area contributed by atoms with E-state index < -0.39 is 0 Å². The van der Waals surface area contributed by atoms with Crippen LogP contribution in [-0.2, 0) is 0 Å². The summed E-state index contributed by atoms with van der Waals surface area (Å²) in [5.41, 5.74) is 3.91. The van der Waals surface area contributed by atoms with Crippen molar-refractivity contribution in [2.45, 2.75) is 13.8 Å². The Balaban J connectivity index is 2.62. The number of para-hydroxylation sites is 1. The molecular weight excluding hydrogens is 224 g/mol. The zero-order valence-corrected chi connectivity index (χ0v) is 10.9. The van der Waals surface area contributed by atoms with Crippen molar-refractivity contribution >= 4 is 5.78 Å². The van der Waals surface area contributed by atoms with Crippen LogP contribution in [0.1, 0.15) is 22.8 Å². The molecule has 2 nitrogen and oxygen atoms in total. The minimum absolute atomic E-state index is 0.0751. The van der Waals surface area contributed by atoms with Gasteiger partial charge in [0.1, 0.15) is 5.75 Å². The number of rotatable bonds is 3. The molecule has 2 aromatic carbocycles. The minimum Gasteiger partial charge on any atom is -0.496 e. The second-order valence-electron chi connectivity index (χ2n) is 4.29. The van der Waals surface area contributed by atoms with Crippen molar-refractivity contribution < 1.29 is 9.53 Å². The molecule has 0 heterocycles. The van der Waals surface area contributed by atoms with Crippen molar-refractivity contribution in [1.82, 2.24) is 0 Å². The van der Waals surface area contributed by atoms with E-state index in [1.54, 1.807) is 14.0 Å². The number of ether oxygens (including phenoxy) is 1. The molecule has 0 bridgehead atoms. The monoisotopic (exact) mass is 240 g/mol. The van der Waals surface area contributed by atoms with Crippen molar-refractivity contribution in [3.8, 4) is 16.9 Å². The lowest BCUT2D eigenvalue weighted by atomic mass is 9.96. The molecule has 18 heavy (non-hydrogen) atoms. The summed E-state index contributed by atoms with van der Waals surface area (Å²) >= 11 is 0. The van der Waals surface area contributed by atoms with Gasteiger partial charge in [-0.1, -0.05) is 30.3 Å². The van der Waals surface area contributed by atoms with Crippen LogP contribution >= 0.6 is 0 Å². The standard InChI is InChI=1S/C16H16O2/c1-11-8-9-13(12(2)17)10-15(11)14-6-4-5-7-16(14)18-3/h4-10H,1-3H3. The third kappa shape index (κ3) is 2.28. The minimum atomic E-state index is 0.0751. The highest BCUT2D eigenvalue weighted by Crippen LogP contribution is 2.32. The predicted octanol–water partition coefficient (Wildman–Crippen LogP) is 3.87. The van der Waals surface area contributed by atoms with Gasteiger partial charge in [-0.2, -0.15) is 0 Å². The third-order valence-corrected chi connectivity index (χ3v) is 3.04. The number of ketones is 1. The van der Waals surface area contributed by atoms with Crippen molar-refractivity contribution in [2.24, 2.45) is 0 Å². The van der Waals surface area contributed by atoms with E-state index in [0.29, 0.717) is 0 Å². The molecule has 0 aliphatic heterocycles. The normalized spacial score (nSPS) is 10.2. The van der Waals surface area contributed by atoms with E-state index in [-0.39, 0.29) is 5.78 Å². The van der Waals surface area contributed by atoms with Gasteiger partial charge in [0.05, 0.1) is 7.11 Å². The average Bonchev–Trinajstić information content (AvgIpc) is 2.39. The van der Waals surface area contributed by atoms with Crippen LogP contribution in [0.5, 0.6) is 5.75 Å². The van der Waals surface area contributed by atoms with Gasteiger partial charge in [0, 0.05) is 11.1 Å². The molecule has 2 aromatic rings. The van der Waals surface area contributed by atoms with Gasteiger partial charge in [0.2, 0.25) is 0 Å². The molecule has 92 valence electrons. The zero-order valence-electron chi connectivity index (χ0n) is 10.9. The molecule has 0 aliphatic carbocycles. The van der Waals surface area contributed by atoms with E-state index >= 15 is 0 Å². The molecule has 0 unspecified atom stereocenters. The number of Topliss-reactive ketones (excluding diaryl/α,β-unsaturated/α-hetero) is 1. The van der Waals surface area contributed by atoms with E-state index in [9.17, 15) is 4.79 Å². The largest absolute Gasteiger partial charge is 0.496 e. The molecule has 0 saturated heterocycles. The molecule has 2 rings (SSSR count). The Hall–Kier alpha value is -2.09. The average molecular weight is 240 g/mol. The Kier molecular flexibility index (Phi) is 3.47. The smallest absolute Gasteiger partial charge is 0.159 e. The van der Waals surface area contributed by atoms with Gasteiger partial charge in [-0.15, -0.1) is 0 Å². The van der Waals surface area contributed by atoms with Crippen LogP contribution in [0.15, 0.2) is 42.5 Å². The molecule has 0 amide bonds. The number of aryl methyl sites for hydroxylation is 1. The second kappa shape index (κ2) is 5.05. The number of hydrogen-bond acceptors (Lipinski definition) is 2. The maximum absolute atomic E-state index is 11.5. The summed E-state index contributed by atoms with van der Waals surface area (Å²) in [4.78, 5) is 11.5. The SMILES string of the molecule is COc1ccccc1-c1cc(C(C)=O)ccc1C. The van der Waals surface area contributed by atoms with Gasteiger partial charge in [-0.3, -0.25) is 4.79 Å². The highest BCUT2D eigenvalue weighted by Gasteiger charge is 2.09. The van der Waals surface area contributed by atoms with Crippen LogP contribution in [0.2, 0.25) is 0 Å². The summed E-state index contributed by atoms with van der Waals surface area (Å²) in [5, 5.41) is 0. The molecule has 0 spiro atoms. The molecule has 0 aromatic heterocycles. The maximum atomic E-state index is 11.5. The number of benzene rings is 2. The van der Waals surface area contributed by atoms with Crippen LogP contribution in [0.3, 0.4) is 0 Å². The first kappa shape index (κ1) is 12.4. The number of carbonyl (C=O) groups is 1. The van der Waals surface area contributed by atoms with Crippen molar-refractivity contribution in [3.05, 3.63) is 53.6 Å². The van der Waals surface area contributed by atoms with Crippen molar-refractivity contribution in [3.63, 3.8) is 0 Å². The van der Waals surface area contributed by atoms with Gasteiger partial charge in [0.25, 0.3) is 0 Å². The predicted molar refractivity (Wildman–Crippen MR) is 73.2 cm³/mol. The highest BCUT2D eigenvalue weighted by molar-refractivity contribution is 5.95. The lowest BCUT2D eigenvalue weighted by molar-refractivity contribution is 0.101. The Bertz CT molecular complexity index is 585. The molecule has 0 atom stereocenters. The molecule has 0 saturated carbocycles. The first-order valence-corrected chi connectivity index (χ1v) is 5.88. The van der Waals surface area contributed by atoms with Crippen LogP contribution in [0, 0.1) is 6.92 Å². The molecular formula is C16H16O2. The molecule has 0 fully saturated rings. The van der Waals surface area contributed by atoms with Gasteiger partial charge >= 0.3 is 0 Å². The highest BCUT2D eigenvalue weighted by atomic mass is 16.5. The second-order valence-corrected chi connectivity index (χ2v) is 4.29. The first-order valence-electron chi connectivity index (χ1n) is 5.88. The number of hydrogen-bond donors (Lipinski definition) is 0. The van der Waals surface area contributed by atoms with E-state index in [1.807, 2.05) is 49.4 Å². The molecule has 0 N–H and O–H groups in total. The van der Waals surface area contributed by atoms with E-state index in [1.165, 1.54) is 0 Å². The molecule has 2 heteroatoms. The lowest BCUT2D eigenvalue weighted by Crippen LogP contribution is -1.95. The topological polar surface area (TPSA) is 26.3 Å². The lowest BCUT2D eigenvalue weighted by Gasteiger charge is -2.11. The van der Waals surface area contributed by atoms with Crippen LogP contribution in [0.4, 0.5) is 0 Å². The van der Waals surface area contributed by atoms with Crippen LogP contribution < -0.4 is 4.74 Å². The van der Waals surface area contributed by atoms with E-state index in [4.69, 9.17) is 4.74 Å². The quantitative estimate of drug-likeness (QED) is 0.761. The number of methoxy groups -OCH3 is 1. The number of carbonyl (C=O) groups excluding carboxylic acids is 1. The third-order valence-electron chi connectivity index (χ3n) is 3.04. The summed E-state index contributed by atoms with van der Waals surface area (Å²) in [6, 6.07) is 13.6. The summed E-state index contributed by atoms with van der Waals surface area (Å²) < 4.78 is 5.37. The fraction of sp³-hybridized carbons (Fsp3) is 0.188. The van der Waals surface area contributed by atoms with Crippen molar-refractivity contribution in [1.29, 1.82) is 0 Å². The van der Waals surface area contributed by atoms with Crippen LogP contribution in [-0.4, -0.2) is 12.9 Å². The summed E-state index contributed by atoms with van der Waals surface area (Å²) in [6.45, 7) is 3.61. The molecule has 0 aliphatic rings. The summed E-state index contributed by atoms with van der Waals surface area (Å²) in [5.74, 6) is 0.896. The molecule has 0 radical (unpaired) electrons. The van der Waals surface area contributed by atoms with Gasteiger partial charge < -0.3 is 4.74 Å². The van der Waals surface area contributed by atoms with E-state index in [2.05, 4.69) is 0 Å². The maximum Gasteiger partial charge on any atom is 0.159 e. The Morgan fingerprint density at radius 1 is 1.06 bits per heavy atom. The van der Waals surface area contributed by atoms with Gasteiger partial charge in [-0.05, 0) is 37.1 Å². The Morgan fingerprint density at radius 3 is 2.44 bits per heavy atom. The van der Waals surface area contributed by atoms with Gasteiger partial charge in [0.15, 0.2) is 5.78 Å². The fourth-order valence-corrected chi connectivity index (χ4v) is 2.00. The zero-order chi connectivity index (χ0) is 13.1. The van der Waals surface area contributed by atoms with Gasteiger partial charge in [-0.25, -0.2) is 0 Å². The van der Waals surface area contributed by atoms with Crippen LogP contribution in [0.25, 0.3) is 11.1 Å². The van der Waals surface area contributed by atoms with Crippen molar-refractivity contribution in [2.75, 3.05) is 7.11 Å². The van der Waals surface area contributed by atoms with E-state index in [0.717, 1.165) is 28.0 Å².